The van der Waals surface area contributed by atoms with Gasteiger partial charge in [-0.2, -0.15) is 0 Å². The molecule has 3 rings (SSSR count). The second kappa shape index (κ2) is 5.73. The standard InChI is InChI=1S/C19H17NO5/c1-9(2)13-16(19(24)25-18(13)23)15(17(21)22)14-10(3)20(4)12-8-6-5-7-11(12)14/h5-8H,1-4H3,(H,21,22)/b16-15+. The first-order valence-corrected chi connectivity index (χ1v) is 7.72. The number of carbonyl (C=O) groups excluding carboxylic acids is 2. The van der Waals surface area contributed by atoms with Crippen LogP contribution in [0.5, 0.6) is 0 Å². The topological polar surface area (TPSA) is 85.6 Å². The van der Waals surface area contributed by atoms with Gasteiger partial charge in [0.25, 0.3) is 0 Å². The fourth-order valence-electron chi connectivity index (χ4n) is 3.25. The highest BCUT2D eigenvalue weighted by Crippen LogP contribution is 2.38. The molecular formula is C19H17NO5. The summed E-state index contributed by atoms with van der Waals surface area (Å²) in [5, 5.41) is 10.6. The molecule has 6 nitrogen and oxygen atoms in total. The third-order valence-corrected chi connectivity index (χ3v) is 4.46. The number of aliphatic carboxylic acids is 1. The number of nitrogens with zero attached hydrogens (tertiary/aromatic N) is 1. The van der Waals surface area contributed by atoms with E-state index in [4.69, 9.17) is 4.74 Å². The number of carbonyl (C=O) groups is 3. The molecule has 6 heteroatoms. The molecule has 0 atom stereocenters. The maximum atomic E-state index is 12.3. The lowest BCUT2D eigenvalue weighted by Gasteiger charge is -2.08. The molecule has 0 bridgehead atoms. The predicted molar refractivity (Wildman–Crippen MR) is 91.7 cm³/mol. The van der Waals surface area contributed by atoms with Crippen LogP contribution in [-0.4, -0.2) is 27.6 Å². The van der Waals surface area contributed by atoms with Crippen molar-refractivity contribution >= 4 is 34.4 Å². The summed E-state index contributed by atoms with van der Waals surface area (Å²) in [6.45, 7) is 5.07. The molecule has 2 aromatic rings. The van der Waals surface area contributed by atoms with E-state index >= 15 is 0 Å². The molecule has 0 radical (unpaired) electrons. The molecule has 1 aliphatic rings. The molecular weight excluding hydrogens is 322 g/mol. The number of aryl methyl sites for hydroxylation is 1. The van der Waals surface area contributed by atoms with Gasteiger partial charge in [-0.15, -0.1) is 0 Å². The second-order valence-corrected chi connectivity index (χ2v) is 6.14. The molecule has 0 amide bonds. The third kappa shape index (κ3) is 2.38. The van der Waals surface area contributed by atoms with Crippen molar-refractivity contribution in [2.24, 2.45) is 7.05 Å². The minimum Gasteiger partial charge on any atom is -0.478 e. The number of rotatable bonds is 2. The lowest BCUT2D eigenvalue weighted by molar-refractivity contribution is -0.150. The normalized spacial score (nSPS) is 16.4. The Morgan fingerprint density at radius 2 is 1.68 bits per heavy atom. The van der Waals surface area contributed by atoms with Gasteiger partial charge in [-0.3, -0.25) is 0 Å². The summed E-state index contributed by atoms with van der Waals surface area (Å²) >= 11 is 0. The lowest BCUT2D eigenvalue weighted by atomic mass is 9.92. The summed E-state index contributed by atoms with van der Waals surface area (Å²) in [5.74, 6) is -3.01. The number of hydrogen-bond donors (Lipinski definition) is 1. The first kappa shape index (κ1) is 16.7. The largest absolute Gasteiger partial charge is 0.478 e. The van der Waals surface area contributed by atoms with Gasteiger partial charge in [0, 0.05) is 29.2 Å². The average Bonchev–Trinajstić information content (AvgIpc) is 2.97. The van der Waals surface area contributed by atoms with Crippen LogP contribution in [0.25, 0.3) is 16.5 Å². The zero-order chi connectivity index (χ0) is 18.5. The Morgan fingerprint density at radius 3 is 2.28 bits per heavy atom. The van der Waals surface area contributed by atoms with Crippen molar-refractivity contribution in [3.8, 4) is 0 Å². The van der Waals surface area contributed by atoms with Gasteiger partial charge in [0.05, 0.1) is 16.7 Å². The van der Waals surface area contributed by atoms with Gasteiger partial charge in [-0.25, -0.2) is 14.4 Å². The Hall–Kier alpha value is -3.15. The molecule has 1 saturated heterocycles. The summed E-state index contributed by atoms with van der Waals surface area (Å²) in [6, 6.07) is 7.32. The Balaban J connectivity index is 2.50. The maximum Gasteiger partial charge on any atom is 0.347 e. The number of ether oxygens (including phenoxy) is 1. The molecule has 0 unspecified atom stereocenters. The van der Waals surface area contributed by atoms with Crippen LogP contribution in [0, 0.1) is 6.92 Å². The molecule has 1 N–H and O–H groups in total. The minimum absolute atomic E-state index is 0.0229. The van der Waals surface area contributed by atoms with Crippen LogP contribution in [0.15, 0.2) is 41.0 Å². The molecule has 1 aromatic carbocycles. The number of para-hydroxylation sites is 1. The number of hydrogen-bond acceptors (Lipinski definition) is 4. The fourth-order valence-corrected chi connectivity index (χ4v) is 3.25. The van der Waals surface area contributed by atoms with Gasteiger partial charge < -0.3 is 14.4 Å². The molecule has 1 aliphatic heterocycles. The van der Waals surface area contributed by atoms with Crippen LogP contribution >= 0.6 is 0 Å². The van der Waals surface area contributed by atoms with Crippen molar-refractivity contribution < 1.29 is 24.2 Å². The van der Waals surface area contributed by atoms with Crippen LogP contribution < -0.4 is 0 Å². The molecule has 0 spiro atoms. The third-order valence-electron chi connectivity index (χ3n) is 4.46. The van der Waals surface area contributed by atoms with Crippen molar-refractivity contribution in [1.29, 1.82) is 0 Å². The molecule has 0 aliphatic carbocycles. The average molecular weight is 339 g/mol. The molecule has 0 saturated carbocycles. The van der Waals surface area contributed by atoms with E-state index in [0.29, 0.717) is 22.2 Å². The maximum absolute atomic E-state index is 12.3. The van der Waals surface area contributed by atoms with Crippen LogP contribution in [0.1, 0.15) is 25.1 Å². The summed E-state index contributed by atoms with van der Waals surface area (Å²) in [6.07, 6.45) is 0. The van der Waals surface area contributed by atoms with E-state index in [2.05, 4.69) is 0 Å². The Morgan fingerprint density at radius 1 is 1.08 bits per heavy atom. The first-order chi connectivity index (χ1) is 11.8. The van der Waals surface area contributed by atoms with Gasteiger partial charge in [0.2, 0.25) is 0 Å². The van der Waals surface area contributed by atoms with Gasteiger partial charge in [0.15, 0.2) is 0 Å². The van der Waals surface area contributed by atoms with E-state index < -0.39 is 17.9 Å². The second-order valence-electron chi connectivity index (χ2n) is 6.14. The van der Waals surface area contributed by atoms with E-state index in [-0.39, 0.29) is 16.7 Å². The van der Waals surface area contributed by atoms with Crippen molar-refractivity contribution in [3.05, 3.63) is 52.2 Å². The van der Waals surface area contributed by atoms with E-state index in [1.807, 2.05) is 23.7 Å². The number of cyclic esters (lactones) is 2. The van der Waals surface area contributed by atoms with Crippen molar-refractivity contribution in [2.75, 3.05) is 0 Å². The highest BCUT2D eigenvalue weighted by molar-refractivity contribution is 6.32. The summed E-state index contributed by atoms with van der Waals surface area (Å²) < 4.78 is 6.55. The van der Waals surface area contributed by atoms with Crippen molar-refractivity contribution in [2.45, 2.75) is 20.8 Å². The van der Waals surface area contributed by atoms with Crippen LogP contribution in [0.2, 0.25) is 0 Å². The van der Waals surface area contributed by atoms with Crippen LogP contribution in [0.3, 0.4) is 0 Å². The number of carboxylic acids is 1. The number of allylic oxidation sites excluding steroid dienone is 1. The number of carboxylic acid groups (broad SMARTS) is 1. The molecule has 128 valence electrons. The summed E-state index contributed by atoms with van der Waals surface area (Å²) in [4.78, 5) is 36.4. The van der Waals surface area contributed by atoms with E-state index in [1.165, 1.54) is 0 Å². The minimum atomic E-state index is -1.28. The van der Waals surface area contributed by atoms with Crippen molar-refractivity contribution in [3.63, 3.8) is 0 Å². The number of fused-ring (bicyclic) bond motifs is 1. The predicted octanol–water partition coefficient (Wildman–Crippen LogP) is 2.74. The molecule has 2 heterocycles. The highest BCUT2D eigenvalue weighted by Gasteiger charge is 2.40. The van der Waals surface area contributed by atoms with Crippen LogP contribution in [0.4, 0.5) is 0 Å². The van der Waals surface area contributed by atoms with E-state index in [1.54, 1.807) is 32.9 Å². The Labute approximate surface area is 144 Å². The summed E-state index contributed by atoms with van der Waals surface area (Å²) in [7, 11) is 1.82. The van der Waals surface area contributed by atoms with E-state index in [9.17, 15) is 19.5 Å². The molecule has 1 aromatic heterocycles. The monoisotopic (exact) mass is 339 g/mol. The zero-order valence-corrected chi connectivity index (χ0v) is 14.3. The quantitative estimate of drug-likeness (QED) is 0.516. The lowest BCUT2D eigenvalue weighted by Crippen LogP contribution is -2.10. The zero-order valence-electron chi connectivity index (χ0n) is 14.3. The van der Waals surface area contributed by atoms with Crippen LogP contribution in [-0.2, 0) is 26.2 Å². The van der Waals surface area contributed by atoms with Crippen molar-refractivity contribution in [1.82, 2.24) is 4.57 Å². The SMILES string of the molecule is CC(C)=C1C(=O)OC(=O)/C1=C(/C(=O)O)c1c(C)n(C)c2ccccc12. The highest BCUT2D eigenvalue weighted by atomic mass is 16.6. The van der Waals surface area contributed by atoms with Gasteiger partial charge in [0.1, 0.15) is 0 Å². The van der Waals surface area contributed by atoms with Gasteiger partial charge >= 0.3 is 17.9 Å². The Kier molecular flexibility index (Phi) is 3.83. The first-order valence-electron chi connectivity index (χ1n) is 7.72. The molecule has 25 heavy (non-hydrogen) atoms. The number of esters is 2. The van der Waals surface area contributed by atoms with Gasteiger partial charge in [-0.1, -0.05) is 23.8 Å². The summed E-state index contributed by atoms with van der Waals surface area (Å²) in [5.41, 5.74) is 2.11. The molecule has 1 fully saturated rings. The fraction of sp³-hybridized carbons (Fsp3) is 0.211. The smallest absolute Gasteiger partial charge is 0.347 e. The van der Waals surface area contributed by atoms with E-state index in [0.717, 1.165) is 5.52 Å². The number of benzene rings is 1. The Bertz CT molecular complexity index is 1020. The number of aromatic nitrogens is 1. The van der Waals surface area contributed by atoms with Gasteiger partial charge in [-0.05, 0) is 26.8 Å².